The van der Waals surface area contributed by atoms with Crippen molar-refractivity contribution in [2.75, 3.05) is 18.0 Å². The fourth-order valence-electron chi connectivity index (χ4n) is 3.33. The highest BCUT2D eigenvalue weighted by Crippen LogP contribution is 2.38. The number of benzene rings is 2. The molecule has 0 amide bonds. The lowest BCUT2D eigenvalue weighted by molar-refractivity contribution is -0.168. The molecule has 0 aliphatic carbocycles. The van der Waals surface area contributed by atoms with Crippen molar-refractivity contribution < 1.29 is 18.3 Å². The Bertz CT molecular complexity index is 1010. The molecule has 8 heteroatoms. The summed E-state index contributed by atoms with van der Waals surface area (Å²) >= 11 is 6.07. The molecule has 4 nitrogen and oxygen atoms in total. The van der Waals surface area contributed by atoms with Crippen LogP contribution in [0.5, 0.6) is 5.75 Å². The summed E-state index contributed by atoms with van der Waals surface area (Å²) in [5.41, 5.74) is 0.924. The number of aromatic hydroxyl groups is 1. The number of alkyl halides is 3. The van der Waals surface area contributed by atoms with Crippen LogP contribution in [-0.2, 0) is 0 Å². The van der Waals surface area contributed by atoms with Gasteiger partial charge in [0.2, 0.25) is 0 Å². The fraction of sp³-hybridized carbons (Fsp3) is 0.263. The van der Waals surface area contributed by atoms with E-state index in [-0.39, 0.29) is 31.1 Å². The van der Waals surface area contributed by atoms with E-state index in [1.54, 1.807) is 41.3 Å². The summed E-state index contributed by atoms with van der Waals surface area (Å²) in [6, 6.07) is 11.6. The quantitative estimate of drug-likeness (QED) is 0.662. The largest absolute Gasteiger partial charge is 0.507 e. The molecule has 1 aliphatic heterocycles. The molecule has 1 saturated heterocycles. The number of nitrogens with zero attached hydrogens (tertiary/aromatic N) is 3. The van der Waals surface area contributed by atoms with E-state index in [4.69, 9.17) is 11.6 Å². The molecule has 1 unspecified atom stereocenters. The predicted molar refractivity (Wildman–Crippen MR) is 98.0 cm³/mol. The molecule has 0 saturated carbocycles. The number of hydrogen-bond donors (Lipinski definition) is 1. The van der Waals surface area contributed by atoms with Gasteiger partial charge in [-0.25, -0.2) is 9.97 Å². The minimum absolute atomic E-state index is 0.000539. The summed E-state index contributed by atoms with van der Waals surface area (Å²) < 4.78 is 39.3. The van der Waals surface area contributed by atoms with Gasteiger partial charge in [-0.3, -0.25) is 0 Å². The normalized spacial score (nSPS) is 17.6. The SMILES string of the molecule is Oc1ccccc1-c1nc(N2CCC(C(F)(F)F)C2)c2ccc(Cl)cc2n1. The second kappa shape index (κ2) is 6.56. The molecule has 140 valence electrons. The highest BCUT2D eigenvalue weighted by molar-refractivity contribution is 6.31. The van der Waals surface area contributed by atoms with Crippen molar-refractivity contribution in [3.8, 4) is 17.1 Å². The first-order valence-corrected chi connectivity index (χ1v) is 8.78. The van der Waals surface area contributed by atoms with E-state index in [0.717, 1.165) is 0 Å². The monoisotopic (exact) mass is 393 g/mol. The highest BCUT2D eigenvalue weighted by Gasteiger charge is 2.44. The van der Waals surface area contributed by atoms with Gasteiger partial charge in [-0.1, -0.05) is 23.7 Å². The van der Waals surface area contributed by atoms with Gasteiger partial charge < -0.3 is 10.0 Å². The van der Waals surface area contributed by atoms with Crippen molar-refractivity contribution in [3.63, 3.8) is 0 Å². The van der Waals surface area contributed by atoms with Crippen molar-refractivity contribution in [1.29, 1.82) is 0 Å². The zero-order chi connectivity index (χ0) is 19.2. The van der Waals surface area contributed by atoms with E-state index in [9.17, 15) is 18.3 Å². The van der Waals surface area contributed by atoms with Crippen LogP contribution in [0.4, 0.5) is 19.0 Å². The van der Waals surface area contributed by atoms with Gasteiger partial charge in [0.1, 0.15) is 11.6 Å². The van der Waals surface area contributed by atoms with Crippen LogP contribution >= 0.6 is 11.6 Å². The lowest BCUT2D eigenvalue weighted by Gasteiger charge is -2.21. The Morgan fingerprint density at radius 3 is 2.59 bits per heavy atom. The Morgan fingerprint density at radius 1 is 1.11 bits per heavy atom. The molecule has 2 heterocycles. The zero-order valence-corrected chi connectivity index (χ0v) is 14.8. The number of rotatable bonds is 2. The average Bonchev–Trinajstić information content (AvgIpc) is 3.11. The van der Waals surface area contributed by atoms with Crippen LogP contribution in [0, 0.1) is 5.92 Å². The molecule has 3 aromatic rings. The number of anilines is 1. The molecule has 0 bridgehead atoms. The summed E-state index contributed by atoms with van der Waals surface area (Å²) in [4.78, 5) is 10.6. The zero-order valence-electron chi connectivity index (χ0n) is 14.0. The van der Waals surface area contributed by atoms with Gasteiger partial charge in [0.25, 0.3) is 0 Å². The number of phenolic OH excluding ortho intramolecular Hbond substituents is 1. The van der Waals surface area contributed by atoms with Crippen molar-refractivity contribution in [2.45, 2.75) is 12.6 Å². The van der Waals surface area contributed by atoms with Crippen LogP contribution in [0.1, 0.15) is 6.42 Å². The first kappa shape index (κ1) is 17.9. The topological polar surface area (TPSA) is 49.3 Å². The predicted octanol–water partition coefficient (Wildman–Crippen LogP) is 5.04. The van der Waals surface area contributed by atoms with Gasteiger partial charge in [0, 0.05) is 23.5 Å². The molecular weight excluding hydrogens is 379 g/mol. The van der Waals surface area contributed by atoms with E-state index in [1.807, 2.05) is 0 Å². The molecule has 1 N–H and O–H groups in total. The number of hydrogen-bond acceptors (Lipinski definition) is 4. The molecule has 0 radical (unpaired) electrons. The maximum atomic E-state index is 13.1. The summed E-state index contributed by atoms with van der Waals surface area (Å²) in [5, 5.41) is 11.2. The lowest BCUT2D eigenvalue weighted by atomic mass is 10.1. The van der Waals surface area contributed by atoms with E-state index in [0.29, 0.717) is 27.3 Å². The number of halogens is 4. The van der Waals surface area contributed by atoms with E-state index in [1.165, 1.54) is 6.07 Å². The van der Waals surface area contributed by atoms with Crippen LogP contribution in [0.2, 0.25) is 5.02 Å². The Labute approximate surface area is 158 Å². The minimum atomic E-state index is -4.23. The smallest absolute Gasteiger partial charge is 0.393 e. The molecule has 2 aromatic carbocycles. The van der Waals surface area contributed by atoms with Crippen LogP contribution in [0.3, 0.4) is 0 Å². The maximum absolute atomic E-state index is 13.1. The molecule has 1 fully saturated rings. The van der Waals surface area contributed by atoms with Crippen LogP contribution in [0.15, 0.2) is 42.5 Å². The summed E-state index contributed by atoms with van der Waals surface area (Å²) in [6.45, 7) is 0.0948. The maximum Gasteiger partial charge on any atom is 0.393 e. The van der Waals surface area contributed by atoms with Crippen LogP contribution in [-0.4, -0.2) is 34.3 Å². The molecule has 0 spiro atoms. The van der Waals surface area contributed by atoms with Crippen molar-refractivity contribution in [2.24, 2.45) is 5.92 Å². The van der Waals surface area contributed by atoms with Gasteiger partial charge in [0.05, 0.1) is 17.0 Å². The van der Waals surface area contributed by atoms with Gasteiger partial charge in [-0.2, -0.15) is 13.2 Å². The number of aromatic nitrogens is 2. The van der Waals surface area contributed by atoms with Crippen LogP contribution in [0.25, 0.3) is 22.3 Å². The third kappa shape index (κ3) is 3.39. The first-order valence-electron chi connectivity index (χ1n) is 8.40. The Balaban J connectivity index is 1.85. The summed E-state index contributed by atoms with van der Waals surface area (Å²) in [5.74, 6) is -0.724. The molecule has 4 rings (SSSR count). The molecular formula is C19H15ClF3N3O. The minimum Gasteiger partial charge on any atom is -0.507 e. The summed E-state index contributed by atoms with van der Waals surface area (Å²) in [7, 11) is 0. The Morgan fingerprint density at radius 2 is 1.89 bits per heavy atom. The van der Waals surface area contributed by atoms with Gasteiger partial charge in [0.15, 0.2) is 5.82 Å². The summed E-state index contributed by atoms with van der Waals surface area (Å²) in [6.07, 6.45) is -4.21. The Kier molecular flexibility index (Phi) is 4.34. The van der Waals surface area contributed by atoms with Gasteiger partial charge >= 0.3 is 6.18 Å². The highest BCUT2D eigenvalue weighted by atomic mass is 35.5. The van der Waals surface area contributed by atoms with Crippen molar-refractivity contribution in [3.05, 3.63) is 47.5 Å². The first-order chi connectivity index (χ1) is 12.8. The average molecular weight is 394 g/mol. The van der Waals surface area contributed by atoms with Gasteiger partial charge in [-0.05, 0) is 36.8 Å². The van der Waals surface area contributed by atoms with Gasteiger partial charge in [-0.15, -0.1) is 0 Å². The van der Waals surface area contributed by atoms with Crippen LogP contribution < -0.4 is 4.90 Å². The van der Waals surface area contributed by atoms with Crippen molar-refractivity contribution >= 4 is 28.3 Å². The molecule has 1 atom stereocenters. The second-order valence-electron chi connectivity index (χ2n) is 6.52. The van der Waals surface area contributed by atoms with Crippen molar-refractivity contribution in [1.82, 2.24) is 9.97 Å². The second-order valence-corrected chi connectivity index (χ2v) is 6.96. The number of fused-ring (bicyclic) bond motifs is 1. The third-order valence-electron chi connectivity index (χ3n) is 4.73. The number of para-hydroxylation sites is 1. The Hall–Kier alpha value is -2.54. The third-order valence-corrected chi connectivity index (χ3v) is 4.97. The lowest BCUT2D eigenvalue weighted by Crippen LogP contribution is -2.28. The molecule has 1 aliphatic rings. The molecule has 27 heavy (non-hydrogen) atoms. The van der Waals surface area contributed by atoms with E-state index < -0.39 is 12.1 Å². The standard InChI is InChI=1S/C19H15ClF3N3O/c20-12-5-6-13-15(9-12)24-17(14-3-1-2-4-16(14)27)25-18(13)26-8-7-11(10-26)19(21,22)23/h1-6,9,11,27H,7-8,10H2. The van der Waals surface area contributed by atoms with E-state index in [2.05, 4.69) is 9.97 Å². The molecule has 1 aromatic heterocycles. The van der Waals surface area contributed by atoms with E-state index >= 15 is 0 Å². The number of phenols is 1. The fourth-order valence-corrected chi connectivity index (χ4v) is 3.50.